The van der Waals surface area contributed by atoms with E-state index >= 15 is 0 Å². The number of hydrogen-bond acceptors (Lipinski definition) is 4. The molecule has 0 spiro atoms. The summed E-state index contributed by atoms with van der Waals surface area (Å²) in [4.78, 5) is 12.1. The molecule has 2 N–H and O–H groups in total. The van der Waals surface area contributed by atoms with Crippen molar-refractivity contribution in [2.24, 2.45) is 0 Å². The van der Waals surface area contributed by atoms with E-state index in [2.05, 4.69) is 10.6 Å². The average Bonchev–Trinajstić information content (AvgIpc) is 2.55. The van der Waals surface area contributed by atoms with Gasteiger partial charge in [-0.2, -0.15) is 0 Å². The summed E-state index contributed by atoms with van der Waals surface area (Å²) < 4.78 is 30.4. The van der Waals surface area contributed by atoms with Gasteiger partial charge in [0.2, 0.25) is 10.0 Å². The minimum Gasteiger partial charge on any atom is -0.489 e. The van der Waals surface area contributed by atoms with Gasteiger partial charge in [-0.25, -0.2) is 13.2 Å². The number of anilines is 3. The van der Waals surface area contributed by atoms with Crippen LogP contribution in [-0.4, -0.2) is 33.9 Å². The maximum Gasteiger partial charge on any atom is 0.323 e. The Morgan fingerprint density at radius 3 is 2.44 bits per heavy atom. The molecule has 1 aliphatic heterocycles. The summed E-state index contributed by atoms with van der Waals surface area (Å²) in [5.74, 6) is 0.404. The predicted molar refractivity (Wildman–Crippen MR) is 98.2 cm³/mol. The molecule has 0 aromatic heterocycles. The van der Waals surface area contributed by atoms with Gasteiger partial charge in [0.1, 0.15) is 12.4 Å². The topological polar surface area (TPSA) is 87.7 Å². The van der Waals surface area contributed by atoms with Gasteiger partial charge in [-0.3, -0.25) is 4.31 Å². The summed E-state index contributed by atoms with van der Waals surface area (Å²) in [6, 6.07) is 11.1. The van der Waals surface area contributed by atoms with E-state index in [0.29, 0.717) is 27.8 Å². The van der Waals surface area contributed by atoms with Crippen molar-refractivity contribution in [3.05, 3.63) is 47.5 Å². The van der Waals surface area contributed by atoms with Crippen LogP contribution in [-0.2, 0) is 10.0 Å². The van der Waals surface area contributed by atoms with Crippen LogP contribution in [0.3, 0.4) is 0 Å². The first-order valence-corrected chi connectivity index (χ1v) is 9.64. The molecule has 25 heavy (non-hydrogen) atoms. The molecular formula is C16H16ClN3O4S. The van der Waals surface area contributed by atoms with Crippen molar-refractivity contribution in [2.45, 2.75) is 0 Å². The lowest BCUT2D eigenvalue weighted by Gasteiger charge is -2.29. The number of carbonyl (C=O) groups is 1. The SMILES string of the molecule is CS(=O)(=O)N1CCOc2cc(NC(=O)Nc3ccc(Cl)cc3)ccc21. The number of nitrogens with one attached hydrogen (secondary N) is 2. The molecule has 3 rings (SSSR count). The van der Waals surface area contributed by atoms with Crippen molar-refractivity contribution >= 4 is 44.7 Å². The molecule has 132 valence electrons. The van der Waals surface area contributed by atoms with E-state index in [1.54, 1.807) is 42.5 Å². The standard InChI is InChI=1S/C16H16ClN3O4S/c1-25(22,23)20-8-9-24-15-10-13(6-7-14(15)20)19-16(21)18-12-4-2-11(17)3-5-12/h2-7,10H,8-9H2,1H3,(H2,18,19,21). The van der Waals surface area contributed by atoms with E-state index in [4.69, 9.17) is 16.3 Å². The van der Waals surface area contributed by atoms with Gasteiger partial charge in [0.15, 0.2) is 0 Å². The maximum absolute atomic E-state index is 12.1. The summed E-state index contributed by atoms with van der Waals surface area (Å²) in [7, 11) is -3.38. The van der Waals surface area contributed by atoms with E-state index in [1.165, 1.54) is 4.31 Å². The molecule has 0 unspecified atom stereocenters. The second-order valence-corrected chi connectivity index (χ2v) is 7.80. The van der Waals surface area contributed by atoms with Crippen LogP contribution in [0.2, 0.25) is 5.02 Å². The van der Waals surface area contributed by atoms with Gasteiger partial charge >= 0.3 is 6.03 Å². The lowest BCUT2D eigenvalue weighted by atomic mass is 10.2. The third-order valence-electron chi connectivity index (χ3n) is 3.54. The van der Waals surface area contributed by atoms with Crippen LogP contribution in [0.25, 0.3) is 0 Å². The Labute approximate surface area is 150 Å². The highest BCUT2D eigenvalue weighted by molar-refractivity contribution is 7.92. The van der Waals surface area contributed by atoms with Gasteiger partial charge in [0, 0.05) is 22.5 Å². The molecule has 7 nitrogen and oxygen atoms in total. The first-order chi connectivity index (χ1) is 11.8. The highest BCUT2D eigenvalue weighted by Crippen LogP contribution is 2.35. The first-order valence-electron chi connectivity index (χ1n) is 7.41. The summed E-state index contributed by atoms with van der Waals surface area (Å²) in [6.45, 7) is 0.510. The lowest BCUT2D eigenvalue weighted by molar-refractivity contribution is 0.262. The third-order valence-corrected chi connectivity index (χ3v) is 4.97. The highest BCUT2D eigenvalue weighted by Gasteiger charge is 2.25. The van der Waals surface area contributed by atoms with Crippen LogP contribution in [0.1, 0.15) is 0 Å². The van der Waals surface area contributed by atoms with Crippen LogP contribution in [0.4, 0.5) is 21.9 Å². The van der Waals surface area contributed by atoms with Gasteiger partial charge in [-0.05, 0) is 36.4 Å². The molecule has 0 fully saturated rings. The van der Waals surface area contributed by atoms with E-state index in [-0.39, 0.29) is 13.2 Å². The van der Waals surface area contributed by atoms with Gasteiger partial charge in [0.05, 0.1) is 18.5 Å². The normalized spacial score (nSPS) is 13.6. The number of amides is 2. The minimum absolute atomic E-state index is 0.250. The molecular weight excluding hydrogens is 366 g/mol. The molecule has 2 amide bonds. The zero-order valence-electron chi connectivity index (χ0n) is 13.3. The molecule has 0 saturated heterocycles. The van der Waals surface area contributed by atoms with Gasteiger partial charge < -0.3 is 15.4 Å². The Hall–Kier alpha value is -2.45. The van der Waals surface area contributed by atoms with Crippen LogP contribution in [0.5, 0.6) is 5.75 Å². The monoisotopic (exact) mass is 381 g/mol. The Balaban J connectivity index is 1.74. The Morgan fingerprint density at radius 1 is 1.12 bits per heavy atom. The summed E-state index contributed by atoms with van der Waals surface area (Å²) in [5.41, 5.74) is 1.54. The number of ether oxygens (including phenoxy) is 1. The molecule has 0 atom stereocenters. The quantitative estimate of drug-likeness (QED) is 0.854. The van der Waals surface area contributed by atoms with Crippen molar-refractivity contribution in [1.82, 2.24) is 0 Å². The molecule has 1 aliphatic rings. The fourth-order valence-corrected chi connectivity index (χ4v) is 3.48. The summed E-state index contributed by atoms with van der Waals surface area (Å²) >= 11 is 5.80. The molecule has 0 bridgehead atoms. The smallest absolute Gasteiger partial charge is 0.323 e. The fourth-order valence-electron chi connectivity index (χ4n) is 2.44. The molecule has 1 heterocycles. The number of halogens is 1. The number of hydrogen-bond donors (Lipinski definition) is 2. The van der Waals surface area contributed by atoms with E-state index in [0.717, 1.165) is 6.26 Å². The van der Waals surface area contributed by atoms with E-state index in [1.807, 2.05) is 0 Å². The van der Waals surface area contributed by atoms with E-state index < -0.39 is 16.1 Å². The maximum atomic E-state index is 12.1. The molecule has 9 heteroatoms. The Morgan fingerprint density at radius 2 is 1.76 bits per heavy atom. The molecule has 0 radical (unpaired) electrons. The zero-order chi connectivity index (χ0) is 18.0. The fraction of sp³-hybridized carbons (Fsp3) is 0.188. The second kappa shape index (κ2) is 6.81. The largest absolute Gasteiger partial charge is 0.489 e. The molecule has 2 aromatic rings. The van der Waals surface area contributed by atoms with Crippen LogP contribution in [0, 0.1) is 0 Å². The summed E-state index contributed by atoms with van der Waals surface area (Å²) in [5, 5.41) is 5.93. The number of rotatable bonds is 3. The second-order valence-electron chi connectivity index (χ2n) is 5.45. The van der Waals surface area contributed by atoms with Crippen molar-refractivity contribution in [3.8, 4) is 5.75 Å². The zero-order valence-corrected chi connectivity index (χ0v) is 14.9. The lowest BCUT2D eigenvalue weighted by Crippen LogP contribution is -2.37. The number of fused-ring (bicyclic) bond motifs is 1. The number of nitrogens with zero attached hydrogens (tertiary/aromatic N) is 1. The number of benzene rings is 2. The van der Waals surface area contributed by atoms with Crippen molar-refractivity contribution < 1.29 is 17.9 Å². The Kier molecular flexibility index (Phi) is 4.73. The van der Waals surface area contributed by atoms with Crippen molar-refractivity contribution in [3.63, 3.8) is 0 Å². The van der Waals surface area contributed by atoms with Crippen molar-refractivity contribution in [2.75, 3.05) is 34.3 Å². The summed E-state index contributed by atoms with van der Waals surface area (Å²) in [6.07, 6.45) is 1.15. The predicted octanol–water partition coefficient (Wildman–Crippen LogP) is 3.14. The average molecular weight is 382 g/mol. The van der Waals surface area contributed by atoms with E-state index in [9.17, 15) is 13.2 Å². The third kappa shape index (κ3) is 4.15. The molecule has 0 saturated carbocycles. The first kappa shape index (κ1) is 17.4. The Bertz CT molecular complexity index is 900. The molecule has 2 aromatic carbocycles. The van der Waals surface area contributed by atoms with Crippen LogP contribution >= 0.6 is 11.6 Å². The van der Waals surface area contributed by atoms with Crippen LogP contribution in [0.15, 0.2) is 42.5 Å². The van der Waals surface area contributed by atoms with Gasteiger partial charge in [0.25, 0.3) is 0 Å². The van der Waals surface area contributed by atoms with Gasteiger partial charge in [-0.1, -0.05) is 11.6 Å². The number of carbonyl (C=O) groups excluding carboxylic acids is 1. The highest BCUT2D eigenvalue weighted by atomic mass is 35.5. The van der Waals surface area contributed by atoms with Crippen molar-refractivity contribution in [1.29, 1.82) is 0 Å². The van der Waals surface area contributed by atoms with Gasteiger partial charge in [-0.15, -0.1) is 0 Å². The number of urea groups is 1. The molecule has 0 aliphatic carbocycles. The van der Waals surface area contributed by atoms with Crippen LogP contribution < -0.4 is 19.7 Å². The minimum atomic E-state index is -3.38. The number of sulfonamides is 1.